The quantitative estimate of drug-likeness (QED) is 0.535. The fourth-order valence-corrected chi connectivity index (χ4v) is 1.40. The van der Waals surface area contributed by atoms with Gasteiger partial charge in [0.1, 0.15) is 6.10 Å². The molecule has 2 rings (SSSR count). The van der Waals surface area contributed by atoms with Gasteiger partial charge in [-0.15, -0.1) is 0 Å². The van der Waals surface area contributed by atoms with Crippen molar-refractivity contribution < 1.29 is 21.7 Å². The zero-order chi connectivity index (χ0) is 10.5. The van der Waals surface area contributed by atoms with E-state index in [1.807, 2.05) is 0 Å². The summed E-state index contributed by atoms with van der Waals surface area (Å²) in [6.45, 7) is 2.05. The Kier molecular flexibility index (Phi) is 1.15. The van der Waals surface area contributed by atoms with E-state index in [4.69, 9.17) is 17.0 Å². The Labute approximate surface area is 73.6 Å². The van der Waals surface area contributed by atoms with Gasteiger partial charge < -0.3 is 14.2 Å². The highest BCUT2D eigenvalue weighted by Gasteiger charge is 2.52. The van der Waals surface area contributed by atoms with E-state index in [-0.39, 0.29) is 5.78 Å². The molecule has 2 heterocycles. The number of rotatable bonds is 0. The second-order valence-electron chi connectivity index (χ2n) is 3.38. The highest BCUT2D eigenvalue weighted by atomic mass is 16.8. The highest BCUT2D eigenvalue weighted by Crippen LogP contribution is 2.34. The van der Waals surface area contributed by atoms with Crippen LogP contribution in [0.15, 0.2) is 0 Å². The molecule has 4 nitrogen and oxygen atoms in total. The van der Waals surface area contributed by atoms with Gasteiger partial charge in [0.2, 0.25) is 0 Å². The Balaban J connectivity index is 2.12. The summed E-state index contributed by atoms with van der Waals surface area (Å²) in [6.07, 6.45) is -2.56. The van der Waals surface area contributed by atoms with Crippen LogP contribution in [-0.2, 0) is 19.0 Å². The second kappa shape index (κ2) is 2.28. The van der Waals surface area contributed by atoms with Gasteiger partial charge in [-0.05, 0) is 20.7 Å². The first kappa shape index (κ1) is 6.07. The summed E-state index contributed by atoms with van der Waals surface area (Å²) in [5, 5.41) is 0. The van der Waals surface area contributed by atoms with E-state index in [2.05, 4.69) is 0 Å². The maximum Gasteiger partial charge on any atom is 0.195 e. The van der Waals surface area contributed by atoms with Gasteiger partial charge in [0, 0.05) is 2.74 Å². The minimum atomic E-state index is -1.33. The molecule has 0 bridgehead atoms. The number of hydrogen-bond acceptors (Lipinski definition) is 4. The van der Waals surface area contributed by atoms with Crippen molar-refractivity contribution in [3.8, 4) is 0 Å². The minimum absolute atomic E-state index is 0.365. The maximum absolute atomic E-state index is 11.5. The molecule has 2 fully saturated rings. The number of hydrogen-bond donors (Lipinski definition) is 0. The molecule has 0 aromatic heterocycles. The van der Waals surface area contributed by atoms with E-state index in [0.717, 1.165) is 0 Å². The third-order valence-corrected chi connectivity index (χ3v) is 1.90. The molecule has 0 unspecified atom stereocenters. The third-order valence-electron chi connectivity index (χ3n) is 1.90. The van der Waals surface area contributed by atoms with Crippen molar-refractivity contribution >= 4 is 5.78 Å². The molecule has 2 aliphatic heterocycles. The number of fused-ring (bicyclic) bond motifs is 1. The van der Waals surface area contributed by atoms with Crippen molar-refractivity contribution in [2.75, 3.05) is 0 Å². The number of ketones is 1. The summed E-state index contributed by atoms with van der Waals surface area (Å²) in [5.74, 6) is -1.19. The lowest BCUT2D eigenvalue weighted by Gasteiger charge is -2.18. The van der Waals surface area contributed by atoms with Gasteiger partial charge >= 0.3 is 0 Å². The smallest absolute Gasteiger partial charge is 0.195 e. The van der Waals surface area contributed by atoms with Crippen molar-refractivity contribution in [1.29, 1.82) is 0 Å². The molecule has 4 heteroatoms. The summed E-state index contributed by atoms with van der Waals surface area (Å²) in [4.78, 5) is 11.5. The Hall–Kier alpha value is -0.450. The summed E-state index contributed by atoms with van der Waals surface area (Å²) < 4.78 is 29.9. The van der Waals surface area contributed by atoms with E-state index >= 15 is 0 Å². The summed E-state index contributed by atoms with van der Waals surface area (Å²) in [5.41, 5.74) is 0. The van der Waals surface area contributed by atoms with Crippen LogP contribution in [-0.4, -0.2) is 30.1 Å². The van der Waals surface area contributed by atoms with E-state index in [0.29, 0.717) is 0 Å². The first-order valence-electron chi connectivity index (χ1n) is 4.95. The zero-order valence-electron chi connectivity index (χ0n) is 8.94. The average Bonchev–Trinajstić information content (AvgIpc) is 2.46. The number of carbonyl (C=O) groups is 1. The van der Waals surface area contributed by atoms with Crippen molar-refractivity contribution in [1.82, 2.24) is 0 Å². The maximum atomic E-state index is 11.5. The van der Waals surface area contributed by atoms with Crippen LogP contribution in [0.2, 0.25) is 0 Å². The largest absolute Gasteiger partial charge is 0.338 e. The van der Waals surface area contributed by atoms with Gasteiger partial charge in [-0.25, -0.2) is 0 Å². The fourth-order valence-electron chi connectivity index (χ4n) is 1.40. The van der Waals surface area contributed by atoms with Crippen molar-refractivity contribution in [3.63, 3.8) is 0 Å². The van der Waals surface area contributed by atoms with Crippen LogP contribution in [0.5, 0.6) is 0 Å². The number of Topliss-reactive ketones (excluding diaryl/α,β-unsaturated/α-hetero) is 1. The van der Waals surface area contributed by atoms with Gasteiger partial charge in [-0.1, -0.05) is 0 Å². The lowest BCUT2D eigenvalue weighted by atomic mass is 10.2. The molecular weight excluding hydrogens is 160 g/mol. The predicted molar refractivity (Wildman–Crippen MR) is 39.4 cm³/mol. The molecular formula is C8H12O4. The first-order valence-corrected chi connectivity index (χ1v) is 3.80. The van der Waals surface area contributed by atoms with Crippen LogP contribution in [0.4, 0.5) is 0 Å². The zero-order valence-corrected chi connectivity index (χ0v) is 6.94. The van der Waals surface area contributed by atoms with E-state index in [1.54, 1.807) is 13.8 Å². The van der Waals surface area contributed by atoms with E-state index in [1.165, 1.54) is 0 Å². The molecule has 2 saturated heterocycles. The summed E-state index contributed by atoms with van der Waals surface area (Å²) >= 11 is 0. The molecule has 0 spiro atoms. The summed E-state index contributed by atoms with van der Waals surface area (Å²) in [6, 6.07) is 0. The van der Waals surface area contributed by atoms with Crippen molar-refractivity contribution in [2.24, 2.45) is 0 Å². The molecule has 3 atom stereocenters. The van der Waals surface area contributed by atoms with E-state index in [9.17, 15) is 4.79 Å². The first-order chi connectivity index (χ1) is 6.41. The Morgan fingerprint density at radius 1 is 1.50 bits per heavy atom. The number of carbonyl (C=O) groups excluding carboxylic acids is 1. The fraction of sp³-hybridized carbons (Fsp3) is 0.875. The van der Waals surface area contributed by atoms with Crippen LogP contribution in [0, 0.1) is 0 Å². The monoisotopic (exact) mass is 174 g/mol. The summed E-state index contributed by atoms with van der Waals surface area (Å²) in [7, 11) is 0. The van der Waals surface area contributed by atoms with Gasteiger partial charge in [0.15, 0.2) is 24.0 Å². The molecule has 0 N–H and O–H groups in total. The molecule has 12 heavy (non-hydrogen) atoms. The third kappa shape index (κ3) is 1.07. The number of ether oxygens (including phenoxy) is 3. The lowest BCUT2D eigenvalue weighted by molar-refractivity contribution is -0.202. The molecule has 0 aromatic rings. The molecule has 0 amide bonds. The molecule has 0 aromatic carbocycles. The standard InChI is InChI=1S/C8H12O4/c1-4-5(9)6-7(10-4)12-8(2,3)11-6/h4,6-7H,1-3H3/t4-,6+,7-/m1/s1/i1D2. The van der Waals surface area contributed by atoms with Crippen LogP contribution < -0.4 is 0 Å². The van der Waals surface area contributed by atoms with E-state index < -0.39 is 31.2 Å². The molecule has 0 radical (unpaired) electrons. The normalized spacial score (nSPS) is 47.6. The Morgan fingerprint density at radius 2 is 2.25 bits per heavy atom. The molecule has 68 valence electrons. The minimum Gasteiger partial charge on any atom is -0.338 e. The highest BCUT2D eigenvalue weighted by molar-refractivity contribution is 5.89. The molecule has 0 aliphatic carbocycles. The van der Waals surface area contributed by atoms with Crippen molar-refractivity contribution in [3.05, 3.63) is 0 Å². The van der Waals surface area contributed by atoms with Crippen LogP contribution >= 0.6 is 0 Å². The topological polar surface area (TPSA) is 44.8 Å². The molecule has 0 saturated carbocycles. The Morgan fingerprint density at radius 3 is 2.83 bits per heavy atom. The van der Waals surface area contributed by atoms with Gasteiger partial charge in [0.05, 0.1) is 0 Å². The van der Waals surface area contributed by atoms with Gasteiger partial charge in [0.25, 0.3) is 0 Å². The van der Waals surface area contributed by atoms with Crippen LogP contribution in [0.25, 0.3) is 0 Å². The lowest BCUT2D eigenvalue weighted by Crippen LogP contribution is -2.28. The van der Waals surface area contributed by atoms with Crippen LogP contribution in [0.1, 0.15) is 23.5 Å². The predicted octanol–water partition coefficient (Wildman–Crippen LogP) is 0.452. The second-order valence-corrected chi connectivity index (χ2v) is 3.38. The van der Waals surface area contributed by atoms with Gasteiger partial charge in [-0.3, -0.25) is 4.79 Å². The average molecular weight is 174 g/mol. The Bertz CT molecular complexity index is 266. The van der Waals surface area contributed by atoms with Crippen molar-refractivity contribution in [2.45, 2.75) is 45.0 Å². The SMILES string of the molecule is [2H]C([2H])[C@H]1O[C@@H]2OC(C)(C)O[C@H]2C1=O. The molecule has 2 aliphatic rings. The van der Waals surface area contributed by atoms with Crippen LogP contribution in [0.3, 0.4) is 0 Å². The van der Waals surface area contributed by atoms with Gasteiger partial charge in [-0.2, -0.15) is 0 Å².